The van der Waals surface area contributed by atoms with E-state index in [9.17, 15) is 8.42 Å². The normalized spacial score (nSPS) is 14.3. The first-order valence-electron chi connectivity index (χ1n) is 6.33. The van der Waals surface area contributed by atoms with Crippen molar-refractivity contribution in [2.45, 2.75) is 57.9 Å². The highest BCUT2D eigenvalue weighted by atomic mass is 32.2. The van der Waals surface area contributed by atoms with E-state index in [1.807, 2.05) is 12.2 Å². The zero-order valence-corrected chi connectivity index (χ0v) is 11.5. The molecule has 0 amide bonds. The SMILES string of the molecule is CCCCCCCC=CC(N)CCS(=O)(=O)O. The van der Waals surface area contributed by atoms with E-state index in [0.29, 0.717) is 0 Å². The average Bonchev–Trinajstić information content (AvgIpc) is 2.24. The van der Waals surface area contributed by atoms with E-state index in [2.05, 4.69) is 6.92 Å². The zero-order valence-electron chi connectivity index (χ0n) is 10.6. The van der Waals surface area contributed by atoms with Crippen LogP contribution in [0.5, 0.6) is 0 Å². The molecule has 0 saturated carbocycles. The topological polar surface area (TPSA) is 80.4 Å². The van der Waals surface area contributed by atoms with Gasteiger partial charge in [0.25, 0.3) is 10.1 Å². The van der Waals surface area contributed by atoms with Crippen molar-refractivity contribution < 1.29 is 13.0 Å². The molecular formula is C12H25NO3S. The Hall–Kier alpha value is -0.390. The Balaban J connectivity index is 3.50. The van der Waals surface area contributed by atoms with Crippen molar-refractivity contribution in [3.05, 3.63) is 12.2 Å². The highest BCUT2D eigenvalue weighted by Crippen LogP contribution is 2.05. The van der Waals surface area contributed by atoms with Crippen LogP contribution in [0.2, 0.25) is 0 Å². The molecule has 5 heteroatoms. The number of allylic oxidation sites excluding steroid dienone is 1. The summed E-state index contributed by atoms with van der Waals surface area (Å²) in [5.41, 5.74) is 5.68. The zero-order chi connectivity index (χ0) is 13.1. The van der Waals surface area contributed by atoms with Crippen LogP contribution in [0.1, 0.15) is 51.9 Å². The Kier molecular flexibility index (Phi) is 9.40. The molecule has 1 unspecified atom stereocenters. The first-order chi connectivity index (χ1) is 7.95. The summed E-state index contributed by atoms with van der Waals surface area (Å²) in [7, 11) is -3.88. The van der Waals surface area contributed by atoms with Gasteiger partial charge in [-0.2, -0.15) is 8.42 Å². The van der Waals surface area contributed by atoms with Crippen molar-refractivity contribution in [3.8, 4) is 0 Å². The summed E-state index contributed by atoms with van der Waals surface area (Å²) in [5, 5.41) is 0. The number of hydrogen-bond donors (Lipinski definition) is 2. The molecule has 17 heavy (non-hydrogen) atoms. The van der Waals surface area contributed by atoms with Gasteiger partial charge >= 0.3 is 0 Å². The third-order valence-electron chi connectivity index (χ3n) is 2.57. The minimum atomic E-state index is -3.88. The molecule has 0 bridgehead atoms. The van der Waals surface area contributed by atoms with Crippen LogP contribution < -0.4 is 5.73 Å². The third-order valence-corrected chi connectivity index (χ3v) is 3.32. The lowest BCUT2D eigenvalue weighted by Crippen LogP contribution is -2.21. The molecule has 0 aromatic rings. The molecule has 0 rings (SSSR count). The summed E-state index contributed by atoms with van der Waals surface area (Å²) in [6, 6.07) is -0.285. The van der Waals surface area contributed by atoms with Crippen molar-refractivity contribution >= 4 is 10.1 Å². The second kappa shape index (κ2) is 9.62. The molecule has 102 valence electrons. The Labute approximate surface area is 105 Å². The summed E-state index contributed by atoms with van der Waals surface area (Å²) < 4.78 is 29.5. The number of rotatable bonds is 10. The molecule has 0 spiro atoms. The number of nitrogens with two attached hydrogens (primary N) is 1. The van der Waals surface area contributed by atoms with Crippen LogP contribution in [0.3, 0.4) is 0 Å². The second-order valence-corrected chi connectivity index (χ2v) is 5.94. The minimum absolute atomic E-state index is 0.269. The van der Waals surface area contributed by atoms with Crippen LogP contribution >= 0.6 is 0 Å². The van der Waals surface area contributed by atoms with Gasteiger partial charge in [-0.15, -0.1) is 0 Å². The van der Waals surface area contributed by atoms with Gasteiger partial charge in [0, 0.05) is 6.04 Å². The maximum atomic E-state index is 10.5. The lowest BCUT2D eigenvalue weighted by molar-refractivity contribution is 0.479. The molecule has 3 N–H and O–H groups in total. The summed E-state index contributed by atoms with van der Waals surface area (Å²) in [6.45, 7) is 2.19. The van der Waals surface area contributed by atoms with Crippen molar-refractivity contribution in [1.29, 1.82) is 0 Å². The van der Waals surface area contributed by atoms with Crippen molar-refractivity contribution in [3.63, 3.8) is 0 Å². The average molecular weight is 263 g/mol. The first-order valence-corrected chi connectivity index (χ1v) is 7.94. The van der Waals surface area contributed by atoms with Crippen LogP contribution in [0.4, 0.5) is 0 Å². The van der Waals surface area contributed by atoms with Crippen LogP contribution in [0, 0.1) is 0 Å². The lowest BCUT2D eigenvalue weighted by Gasteiger charge is -2.04. The molecule has 0 fully saturated rings. The predicted octanol–water partition coefficient (Wildman–Crippen LogP) is 2.51. The molecule has 0 aromatic heterocycles. The quantitative estimate of drug-likeness (QED) is 0.360. The van der Waals surface area contributed by atoms with Crippen LogP contribution in [-0.4, -0.2) is 24.8 Å². The van der Waals surface area contributed by atoms with Crippen molar-refractivity contribution in [2.24, 2.45) is 5.73 Å². The van der Waals surface area contributed by atoms with Gasteiger partial charge in [-0.05, 0) is 19.3 Å². The molecule has 0 aliphatic carbocycles. The molecule has 0 heterocycles. The lowest BCUT2D eigenvalue weighted by atomic mass is 10.1. The van der Waals surface area contributed by atoms with Gasteiger partial charge in [-0.3, -0.25) is 4.55 Å². The molecular weight excluding hydrogens is 238 g/mol. The van der Waals surface area contributed by atoms with E-state index in [1.165, 1.54) is 25.7 Å². The van der Waals surface area contributed by atoms with Crippen LogP contribution in [0.25, 0.3) is 0 Å². The fraction of sp³-hybridized carbons (Fsp3) is 0.833. The van der Waals surface area contributed by atoms with E-state index in [-0.39, 0.29) is 18.2 Å². The molecule has 0 aliphatic heterocycles. The maximum absolute atomic E-state index is 10.5. The molecule has 4 nitrogen and oxygen atoms in total. The summed E-state index contributed by atoms with van der Waals surface area (Å²) in [5.74, 6) is -0.269. The van der Waals surface area contributed by atoms with Gasteiger partial charge in [0.2, 0.25) is 0 Å². The monoisotopic (exact) mass is 263 g/mol. The third kappa shape index (κ3) is 13.5. The van der Waals surface area contributed by atoms with Gasteiger partial charge in [0.1, 0.15) is 0 Å². The van der Waals surface area contributed by atoms with Gasteiger partial charge < -0.3 is 5.73 Å². The second-order valence-electron chi connectivity index (χ2n) is 4.37. The van der Waals surface area contributed by atoms with Crippen molar-refractivity contribution in [1.82, 2.24) is 0 Å². The summed E-state index contributed by atoms with van der Waals surface area (Å²) in [4.78, 5) is 0. The Morgan fingerprint density at radius 2 is 1.88 bits per heavy atom. The van der Waals surface area contributed by atoms with E-state index in [0.717, 1.165) is 12.8 Å². The standard InChI is InChI=1S/C12H25NO3S/c1-2-3-4-5-6-7-8-9-12(13)10-11-17(14,15)16/h8-9,12H,2-7,10-11,13H2,1H3,(H,14,15,16). The highest BCUT2D eigenvalue weighted by Gasteiger charge is 2.06. The molecule has 1 atom stereocenters. The van der Waals surface area contributed by atoms with E-state index in [1.54, 1.807) is 0 Å². The Bertz CT molecular complexity index is 299. The maximum Gasteiger partial charge on any atom is 0.264 e. The first kappa shape index (κ1) is 16.6. The van der Waals surface area contributed by atoms with E-state index < -0.39 is 10.1 Å². The molecule has 0 aromatic carbocycles. The van der Waals surface area contributed by atoms with Gasteiger partial charge in [0.15, 0.2) is 0 Å². The summed E-state index contributed by atoms with van der Waals surface area (Å²) >= 11 is 0. The van der Waals surface area contributed by atoms with E-state index in [4.69, 9.17) is 10.3 Å². The molecule has 0 aliphatic rings. The Morgan fingerprint density at radius 1 is 1.24 bits per heavy atom. The van der Waals surface area contributed by atoms with Gasteiger partial charge in [-0.1, -0.05) is 44.8 Å². The fourth-order valence-electron chi connectivity index (χ4n) is 1.52. The summed E-state index contributed by atoms with van der Waals surface area (Å²) in [6.07, 6.45) is 11.3. The highest BCUT2D eigenvalue weighted by molar-refractivity contribution is 7.85. The predicted molar refractivity (Wildman–Crippen MR) is 71.5 cm³/mol. The molecule has 0 radical (unpaired) electrons. The molecule has 0 saturated heterocycles. The van der Waals surface area contributed by atoms with Crippen LogP contribution in [-0.2, 0) is 10.1 Å². The van der Waals surface area contributed by atoms with E-state index >= 15 is 0 Å². The van der Waals surface area contributed by atoms with Crippen molar-refractivity contribution in [2.75, 3.05) is 5.75 Å². The fourth-order valence-corrected chi connectivity index (χ4v) is 2.09. The largest absolute Gasteiger partial charge is 0.324 e. The minimum Gasteiger partial charge on any atom is -0.324 e. The number of hydrogen-bond acceptors (Lipinski definition) is 3. The smallest absolute Gasteiger partial charge is 0.264 e. The van der Waals surface area contributed by atoms with Gasteiger partial charge in [0.05, 0.1) is 5.75 Å². The van der Waals surface area contributed by atoms with Gasteiger partial charge in [-0.25, -0.2) is 0 Å². The number of unbranched alkanes of at least 4 members (excludes halogenated alkanes) is 5. The Morgan fingerprint density at radius 3 is 2.47 bits per heavy atom. The van der Waals surface area contributed by atoms with Crippen LogP contribution in [0.15, 0.2) is 12.2 Å².